The number of sulfone groups is 1. The van der Waals surface area contributed by atoms with E-state index in [0.29, 0.717) is 5.56 Å². The normalized spacial score (nSPS) is 11.3. The molecule has 0 saturated heterocycles. The molecule has 2 rings (SSSR count). The van der Waals surface area contributed by atoms with Crippen LogP contribution in [0.4, 0.5) is 0 Å². The fourth-order valence-corrected chi connectivity index (χ4v) is 2.52. The number of rotatable bonds is 3. The van der Waals surface area contributed by atoms with Crippen LogP contribution < -0.4 is 5.56 Å². The number of benzene rings is 1. The van der Waals surface area contributed by atoms with E-state index < -0.39 is 26.9 Å². The first-order valence-electron chi connectivity index (χ1n) is 5.85. The predicted octanol–water partition coefficient (Wildman–Crippen LogP) is 0.847. The third kappa shape index (κ3) is 3.00. The van der Waals surface area contributed by atoms with Crippen LogP contribution in [0, 0.1) is 6.92 Å². The Labute approximate surface area is 120 Å². The number of carbonyl (C=O) groups is 1. The van der Waals surface area contributed by atoms with Crippen LogP contribution in [0.5, 0.6) is 0 Å². The Morgan fingerprint density at radius 1 is 1.33 bits per heavy atom. The van der Waals surface area contributed by atoms with Crippen molar-refractivity contribution in [1.82, 2.24) is 9.97 Å². The average molecular weight is 308 g/mol. The smallest absolute Gasteiger partial charge is 0.343 e. The quantitative estimate of drug-likeness (QED) is 0.868. The van der Waals surface area contributed by atoms with E-state index >= 15 is 0 Å². The van der Waals surface area contributed by atoms with Crippen molar-refractivity contribution < 1.29 is 18.3 Å². The predicted molar refractivity (Wildman–Crippen MR) is 75.1 cm³/mol. The summed E-state index contributed by atoms with van der Waals surface area (Å²) in [5.41, 5.74) is -0.770. The molecule has 0 fully saturated rings. The van der Waals surface area contributed by atoms with Crippen molar-refractivity contribution in [3.8, 4) is 11.4 Å². The maximum atomic E-state index is 11.8. The monoisotopic (exact) mass is 308 g/mol. The van der Waals surface area contributed by atoms with Gasteiger partial charge in [-0.25, -0.2) is 18.2 Å². The van der Waals surface area contributed by atoms with Crippen LogP contribution in [-0.2, 0) is 9.84 Å². The molecule has 1 aromatic carbocycles. The lowest BCUT2D eigenvalue weighted by atomic mass is 10.2. The van der Waals surface area contributed by atoms with Gasteiger partial charge < -0.3 is 10.1 Å². The van der Waals surface area contributed by atoms with Gasteiger partial charge >= 0.3 is 5.97 Å². The highest BCUT2D eigenvalue weighted by atomic mass is 32.2. The minimum Gasteiger partial charge on any atom is -0.477 e. The van der Waals surface area contributed by atoms with Gasteiger partial charge in [0.05, 0.1) is 10.6 Å². The van der Waals surface area contributed by atoms with Gasteiger partial charge in [0.2, 0.25) is 0 Å². The highest BCUT2D eigenvalue weighted by Gasteiger charge is 2.16. The number of aromatic carboxylic acids is 1. The molecule has 0 bridgehead atoms. The molecule has 0 radical (unpaired) electrons. The van der Waals surface area contributed by atoms with Crippen molar-refractivity contribution in [2.45, 2.75) is 11.8 Å². The Morgan fingerprint density at radius 2 is 2.00 bits per heavy atom. The average Bonchev–Trinajstić information content (AvgIpc) is 2.36. The zero-order valence-corrected chi connectivity index (χ0v) is 12.1. The number of hydrogen-bond acceptors (Lipinski definition) is 5. The van der Waals surface area contributed by atoms with E-state index in [1.54, 1.807) is 6.07 Å². The number of H-pyrrole nitrogens is 1. The summed E-state index contributed by atoms with van der Waals surface area (Å²) in [5.74, 6) is -1.24. The zero-order chi connectivity index (χ0) is 15.8. The van der Waals surface area contributed by atoms with E-state index in [-0.39, 0.29) is 16.4 Å². The molecule has 0 unspecified atom stereocenters. The summed E-state index contributed by atoms with van der Waals surface area (Å²) in [6.07, 6.45) is 1.07. The summed E-state index contributed by atoms with van der Waals surface area (Å²) >= 11 is 0. The number of carboxylic acid groups (broad SMARTS) is 1. The summed E-state index contributed by atoms with van der Waals surface area (Å²) in [6, 6.07) is 5.89. The van der Waals surface area contributed by atoms with Crippen LogP contribution >= 0.6 is 0 Å². The Bertz CT molecular complexity index is 884. The molecule has 0 aliphatic carbocycles. The van der Waals surface area contributed by atoms with E-state index in [4.69, 9.17) is 5.11 Å². The van der Waals surface area contributed by atoms with Gasteiger partial charge in [-0.1, -0.05) is 12.1 Å². The first-order valence-corrected chi connectivity index (χ1v) is 7.74. The second-order valence-electron chi connectivity index (χ2n) is 4.48. The number of aromatic amines is 1. The highest BCUT2D eigenvalue weighted by molar-refractivity contribution is 7.90. The number of aromatic nitrogens is 2. The molecular weight excluding hydrogens is 296 g/mol. The molecule has 0 atom stereocenters. The van der Waals surface area contributed by atoms with Crippen LogP contribution in [-0.4, -0.2) is 35.7 Å². The largest absolute Gasteiger partial charge is 0.477 e. The molecule has 2 N–H and O–H groups in total. The molecule has 21 heavy (non-hydrogen) atoms. The van der Waals surface area contributed by atoms with Crippen molar-refractivity contribution in [2.24, 2.45) is 0 Å². The maximum Gasteiger partial charge on any atom is 0.343 e. The van der Waals surface area contributed by atoms with Crippen molar-refractivity contribution in [1.29, 1.82) is 0 Å². The molecule has 8 heteroatoms. The standard InChI is InChI=1S/C13H12N2O5S/c1-7-10(13(17)18)12(16)15-11(14-7)8-4-3-5-9(6-8)21(2,19)20/h3-6H,1-2H3,(H,17,18)(H,14,15,16). The van der Waals surface area contributed by atoms with Crippen LogP contribution in [0.3, 0.4) is 0 Å². The van der Waals surface area contributed by atoms with Gasteiger partial charge in [-0.05, 0) is 19.1 Å². The fourth-order valence-electron chi connectivity index (χ4n) is 1.85. The van der Waals surface area contributed by atoms with Gasteiger partial charge in [0.15, 0.2) is 9.84 Å². The van der Waals surface area contributed by atoms with Gasteiger partial charge in [-0.15, -0.1) is 0 Å². The summed E-state index contributed by atoms with van der Waals surface area (Å²) in [4.78, 5) is 29.2. The number of carboxylic acids is 1. The van der Waals surface area contributed by atoms with Crippen LogP contribution in [0.25, 0.3) is 11.4 Å². The minimum atomic E-state index is -3.39. The molecule has 110 valence electrons. The molecule has 0 aliphatic heterocycles. The van der Waals surface area contributed by atoms with E-state index in [9.17, 15) is 18.0 Å². The Hall–Kier alpha value is -2.48. The molecule has 0 saturated carbocycles. The van der Waals surface area contributed by atoms with Crippen molar-refractivity contribution in [3.63, 3.8) is 0 Å². The summed E-state index contributed by atoms with van der Waals surface area (Å²) < 4.78 is 23.0. The second-order valence-corrected chi connectivity index (χ2v) is 6.50. The molecule has 2 aromatic rings. The van der Waals surface area contributed by atoms with Crippen molar-refractivity contribution in [2.75, 3.05) is 6.26 Å². The Kier molecular flexibility index (Phi) is 3.65. The lowest BCUT2D eigenvalue weighted by Crippen LogP contribution is -2.21. The zero-order valence-electron chi connectivity index (χ0n) is 11.2. The van der Waals surface area contributed by atoms with Gasteiger partial charge in [-0.2, -0.15) is 0 Å². The van der Waals surface area contributed by atoms with Crippen LogP contribution in [0.1, 0.15) is 16.1 Å². The summed E-state index contributed by atoms with van der Waals surface area (Å²) in [5, 5.41) is 8.92. The lowest BCUT2D eigenvalue weighted by molar-refractivity contribution is 0.0693. The van der Waals surface area contributed by atoms with Crippen LogP contribution in [0.2, 0.25) is 0 Å². The molecule has 0 aliphatic rings. The van der Waals surface area contributed by atoms with E-state index in [2.05, 4.69) is 9.97 Å². The van der Waals surface area contributed by atoms with E-state index in [0.717, 1.165) is 6.26 Å². The van der Waals surface area contributed by atoms with Gasteiger partial charge in [0, 0.05) is 11.8 Å². The third-order valence-corrected chi connectivity index (χ3v) is 3.96. The SMILES string of the molecule is Cc1nc(-c2cccc(S(C)(=O)=O)c2)[nH]c(=O)c1C(=O)O. The van der Waals surface area contributed by atoms with Crippen molar-refractivity contribution in [3.05, 3.63) is 45.9 Å². The summed E-state index contributed by atoms with van der Waals surface area (Å²) in [7, 11) is -3.39. The number of nitrogens with one attached hydrogen (secondary N) is 1. The third-order valence-electron chi connectivity index (χ3n) is 2.85. The Balaban J connectivity index is 2.64. The van der Waals surface area contributed by atoms with Gasteiger partial charge in [0.1, 0.15) is 11.4 Å². The minimum absolute atomic E-state index is 0.0611. The van der Waals surface area contributed by atoms with Crippen molar-refractivity contribution >= 4 is 15.8 Å². The number of hydrogen-bond donors (Lipinski definition) is 2. The molecule has 1 heterocycles. The number of nitrogens with zero attached hydrogens (tertiary/aromatic N) is 1. The number of aryl methyl sites for hydroxylation is 1. The van der Waals surface area contributed by atoms with Crippen LogP contribution in [0.15, 0.2) is 34.0 Å². The molecule has 7 nitrogen and oxygen atoms in total. The lowest BCUT2D eigenvalue weighted by Gasteiger charge is -2.06. The second kappa shape index (κ2) is 5.13. The first-order chi connectivity index (χ1) is 9.70. The molecule has 0 spiro atoms. The van der Waals surface area contributed by atoms with Gasteiger partial charge in [0.25, 0.3) is 5.56 Å². The molecular formula is C13H12N2O5S. The van der Waals surface area contributed by atoms with E-state index in [1.165, 1.54) is 25.1 Å². The maximum absolute atomic E-state index is 11.8. The molecule has 0 amide bonds. The Morgan fingerprint density at radius 3 is 2.52 bits per heavy atom. The highest BCUT2D eigenvalue weighted by Crippen LogP contribution is 2.19. The fraction of sp³-hybridized carbons (Fsp3) is 0.154. The van der Waals surface area contributed by atoms with E-state index in [1.807, 2.05) is 0 Å². The summed E-state index contributed by atoms with van der Waals surface area (Å²) in [6.45, 7) is 1.41. The van der Waals surface area contributed by atoms with Gasteiger partial charge in [-0.3, -0.25) is 4.79 Å². The topological polar surface area (TPSA) is 117 Å². The first kappa shape index (κ1) is 14.9. The molecule has 1 aromatic heterocycles.